The Kier molecular flexibility index (Phi) is 3.17. The molecule has 1 aromatic carbocycles. The summed E-state index contributed by atoms with van der Waals surface area (Å²) in [6.07, 6.45) is 6.15. The maximum Gasteiger partial charge on any atom is 0.332 e. The molecule has 3 atom stereocenters. The highest BCUT2D eigenvalue weighted by Gasteiger charge is 2.65. The molecule has 5 heteroatoms. The van der Waals surface area contributed by atoms with Crippen LogP contribution in [0.5, 0.6) is 0 Å². The molecule has 5 rings (SSSR count). The van der Waals surface area contributed by atoms with Gasteiger partial charge in [0.25, 0.3) is 5.91 Å². The summed E-state index contributed by atoms with van der Waals surface area (Å²) in [6.45, 7) is 6.33. The molecule has 3 unspecified atom stereocenters. The van der Waals surface area contributed by atoms with E-state index in [9.17, 15) is 9.59 Å². The summed E-state index contributed by atoms with van der Waals surface area (Å²) in [5.74, 6) is 0.127. The van der Waals surface area contributed by atoms with Crippen molar-refractivity contribution in [3.63, 3.8) is 0 Å². The van der Waals surface area contributed by atoms with Crippen LogP contribution in [0.3, 0.4) is 0 Å². The topological polar surface area (TPSA) is 40.6 Å². The number of fused-ring (bicyclic) bond motifs is 1. The van der Waals surface area contributed by atoms with Gasteiger partial charge in [-0.1, -0.05) is 44.5 Å². The highest BCUT2D eigenvalue weighted by molar-refractivity contribution is 6.30. The lowest BCUT2D eigenvalue weighted by atomic mass is 9.61. The maximum atomic E-state index is 13.2. The molecule has 3 amide bonds. The minimum absolute atomic E-state index is 0.126. The number of rotatable bonds is 2. The van der Waals surface area contributed by atoms with E-state index in [1.165, 1.54) is 4.90 Å². The Labute approximate surface area is 147 Å². The zero-order valence-corrected chi connectivity index (χ0v) is 14.9. The van der Waals surface area contributed by atoms with E-state index in [0.717, 1.165) is 12.8 Å². The van der Waals surface area contributed by atoms with Gasteiger partial charge in [-0.3, -0.25) is 4.79 Å². The number of anilines is 1. The second-order valence-corrected chi connectivity index (χ2v) is 8.13. The first kappa shape index (κ1) is 15.7. The predicted octanol–water partition coefficient (Wildman–Crippen LogP) is 4.24. The Bertz CT molecular complexity index is 757. The molecule has 0 aromatic heterocycles. The van der Waals surface area contributed by atoms with Gasteiger partial charge in [0.2, 0.25) is 0 Å². The minimum atomic E-state index is -0.415. The van der Waals surface area contributed by atoms with Gasteiger partial charge in [0, 0.05) is 10.4 Å². The largest absolute Gasteiger partial charge is 0.332 e. The average Bonchev–Trinajstić information content (AvgIpc) is 2.83. The SMILES string of the molecule is CC(C)C12C=CC(C)(CC1)C1C(=O)N(c3ccc(Cl)cc3)C(=O)N12. The van der Waals surface area contributed by atoms with E-state index in [2.05, 4.69) is 32.9 Å². The van der Waals surface area contributed by atoms with Crippen LogP contribution in [0, 0.1) is 11.3 Å². The summed E-state index contributed by atoms with van der Waals surface area (Å²) in [5, 5.41) is 0.586. The number of nitrogens with zero attached hydrogens (tertiary/aromatic N) is 2. The molecule has 0 radical (unpaired) electrons. The van der Waals surface area contributed by atoms with Gasteiger partial charge in [0.15, 0.2) is 0 Å². The van der Waals surface area contributed by atoms with E-state index in [-0.39, 0.29) is 28.8 Å². The first-order chi connectivity index (χ1) is 11.3. The molecule has 1 aromatic rings. The fourth-order valence-corrected chi connectivity index (χ4v) is 4.65. The standard InChI is InChI=1S/C19H21ClN2O2/c1-12(2)19-10-8-18(3,9-11-19)15-16(23)21(17(24)22(15)19)14-6-4-13(20)5-7-14/h4-8,10,12,15H,9,11H2,1-3H3. The Morgan fingerprint density at radius 3 is 2.33 bits per heavy atom. The lowest BCUT2D eigenvalue weighted by molar-refractivity contribution is -0.127. The lowest BCUT2D eigenvalue weighted by Crippen LogP contribution is -2.66. The Hall–Kier alpha value is -1.81. The molecule has 126 valence electrons. The Morgan fingerprint density at radius 1 is 1.12 bits per heavy atom. The molecule has 24 heavy (non-hydrogen) atoms. The van der Waals surface area contributed by atoms with E-state index >= 15 is 0 Å². The number of imide groups is 1. The van der Waals surface area contributed by atoms with Crippen molar-refractivity contribution in [2.45, 2.75) is 45.2 Å². The number of carbonyl (C=O) groups excluding carboxylic acids is 2. The zero-order valence-electron chi connectivity index (χ0n) is 14.1. The summed E-state index contributed by atoms with van der Waals surface area (Å²) in [6, 6.07) is 6.26. The summed E-state index contributed by atoms with van der Waals surface area (Å²) in [7, 11) is 0. The molecular weight excluding hydrogens is 324 g/mol. The maximum absolute atomic E-state index is 13.2. The minimum Gasteiger partial charge on any atom is -0.302 e. The van der Waals surface area contributed by atoms with Crippen LogP contribution >= 0.6 is 11.6 Å². The van der Waals surface area contributed by atoms with Crippen molar-refractivity contribution in [1.82, 2.24) is 4.90 Å². The third kappa shape index (κ3) is 1.80. The number of halogens is 1. The van der Waals surface area contributed by atoms with Crippen LogP contribution < -0.4 is 4.90 Å². The van der Waals surface area contributed by atoms with E-state index in [0.29, 0.717) is 10.7 Å². The molecular formula is C19H21ClN2O2. The summed E-state index contributed by atoms with van der Waals surface area (Å²) in [5.41, 5.74) is -0.0633. The van der Waals surface area contributed by atoms with E-state index in [4.69, 9.17) is 11.6 Å². The molecule has 0 spiro atoms. The Balaban J connectivity index is 1.84. The van der Waals surface area contributed by atoms with Crippen molar-refractivity contribution < 1.29 is 9.59 Å². The molecule has 4 nitrogen and oxygen atoms in total. The van der Waals surface area contributed by atoms with Crippen LogP contribution in [0.25, 0.3) is 0 Å². The molecule has 2 bridgehead atoms. The van der Waals surface area contributed by atoms with E-state index < -0.39 is 6.04 Å². The molecule has 0 N–H and O–H groups in total. The summed E-state index contributed by atoms with van der Waals surface area (Å²) >= 11 is 5.95. The number of urea groups is 1. The van der Waals surface area contributed by atoms with Crippen LogP contribution in [0.4, 0.5) is 10.5 Å². The molecule has 4 aliphatic rings. The van der Waals surface area contributed by atoms with Crippen LogP contribution in [0.15, 0.2) is 36.4 Å². The van der Waals surface area contributed by atoms with Crippen molar-refractivity contribution in [3.05, 3.63) is 41.4 Å². The second kappa shape index (κ2) is 4.85. The van der Waals surface area contributed by atoms with Gasteiger partial charge in [-0.15, -0.1) is 0 Å². The van der Waals surface area contributed by atoms with Crippen molar-refractivity contribution in [1.29, 1.82) is 0 Å². The summed E-state index contributed by atoms with van der Waals surface area (Å²) < 4.78 is 0. The molecule has 1 aliphatic carbocycles. The number of benzene rings is 1. The molecule has 0 saturated carbocycles. The number of amides is 3. The van der Waals surface area contributed by atoms with Crippen LogP contribution in [-0.2, 0) is 4.79 Å². The second-order valence-electron chi connectivity index (χ2n) is 7.69. The van der Waals surface area contributed by atoms with Gasteiger partial charge >= 0.3 is 6.03 Å². The fourth-order valence-electron chi connectivity index (χ4n) is 4.53. The van der Waals surface area contributed by atoms with Crippen molar-refractivity contribution in [2.24, 2.45) is 11.3 Å². The summed E-state index contributed by atoms with van der Waals surface area (Å²) in [4.78, 5) is 29.6. The number of carbonyl (C=O) groups is 2. The van der Waals surface area contributed by atoms with Gasteiger partial charge in [-0.2, -0.15) is 0 Å². The van der Waals surface area contributed by atoms with Crippen molar-refractivity contribution >= 4 is 29.2 Å². The monoisotopic (exact) mass is 344 g/mol. The van der Waals surface area contributed by atoms with Gasteiger partial charge < -0.3 is 4.90 Å². The Morgan fingerprint density at radius 2 is 1.79 bits per heavy atom. The highest BCUT2D eigenvalue weighted by Crippen LogP contribution is 2.55. The number of piperidine rings is 1. The third-order valence-corrected chi connectivity index (χ3v) is 6.34. The fraction of sp³-hybridized carbons (Fsp3) is 0.474. The normalized spacial score (nSPS) is 34.5. The quantitative estimate of drug-likeness (QED) is 0.594. The highest BCUT2D eigenvalue weighted by atomic mass is 35.5. The molecule has 3 aliphatic heterocycles. The zero-order chi connectivity index (χ0) is 17.3. The number of hydrogen-bond donors (Lipinski definition) is 0. The van der Waals surface area contributed by atoms with Gasteiger partial charge in [-0.05, 0) is 43.0 Å². The van der Waals surface area contributed by atoms with Crippen molar-refractivity contribution in [2.75, 3.05) is 4.90 Å². The average molecular weight is 345 g/mol. The van der Waals surface area contributed by atoms with Gasteiger partial charge in [0.05, 0.1) is 11.2 Å². The van der Waals surface area contributed by atoms with E-state index in [1.54, 1.807) is 24.3 Å². The van der Waals surface area contributed by atoms with Crippen LogP contribution in [0.2, 0.25) is 5.02 Å². The lowest BCUT2D eigenvalue weighted by Gasteiger charge is -2.57. The first-order valence-corrected chi connectivity index (χ1v) is 8.81. The van der Waals surface area contributed by atoms with Crippen LogP contribution in [-0.4, -0.2) is 28.4 Å². The first-order valence-electron chi connectivity index (χ1n) is 8.43. The van der Waals surface area contributed by atoms with Gasteiger partial charge in [-0.25, -0.2) is 9.69 Å². The van der Waals surface area contributed by atoms with Gasteiger partial charge in [0.1, 0.15) is 6.04 Å². The van der Waals surface area contributed by atoms with E-state index in [1.807, 2.05) is 4.90 Å². The number of hydrogen-bond acceptors (Lipinski definition) is 2. The molecule has 2 fully saturated rings. The third-order valence-electron chi connectivity index (χ3n) is 6.08. The molecule has 2 saturated heterocycles. The molecule has 3 heterocycles. The predicted molar refractivity (Wildman–Crippen MR) is 94.0 cm³/mol. The van der Waals surface area contributed by atoms with Crippen molar-refractivity contribution in [3.8, 4) is 0 Å². The smallest absolute Gasteiger partial charge is 0.302 e. The van der Waals surface area contributed by atoms with Crippen LogP contribution in [0.1, 0.15) is 33.6 Å².